The number of hydrogen-bond acceptors (Lipinski definition) is 6. The molecule has 1 spiro atoms. The van der Waals surface area contributed by atoms with E-state index in [1.165, 1.54) is 12.8 Å². The number of carbonyl (C=O) groups is 1. The molecule has 0 unspecified atom stereocenters. The molecule has 0 radical (unpaired) electrons. The second kappa shape index (κ2) is 10.5. The first-order valence-corrected chi connectivity index (χ1v) is 13.0. The Kier molecular flexibility index (Phi) is 7.73. The number of amides is 1. The van der Waals surface area contributed by atoms with Gasteiger partial charge >= 0.3 is 6.09 Å². The third-order valence-electron chi connectivity index (χ3n) is 7.95. The van der Waals surface area contributed by atoms with Crippen LogP contribution in [0.5, 0.6) is 0 Å². The van der Waals surface area contributed by atoms with Crippen LogP contribution in [0.3, 0.4) is 0 Å². The molecular weight excluding hydrogens is 470 g/mol. The van der Waals surface area contributed by atoms with Crippen molar-refractivity contribution in [1.82, 2.24) is 10.2 Å². The van der Waals surface area contributed by atoms with Crippen molar-refractivity contribution in [3.8, 4) is 0 Å². The minimum Gasteiger partial charge on any atom is -0.444 e. The van der Waals surface area contributed by atoms with Crippen LogP contribution in [-0.4, -0.2) is 60.8 Å². The summed E-state index contributed by atoms with van der Waals surface area (Å²) in [6.45, 7) is 10.5. The lowest BCUT2D eigenvalue weighted by atomic mass is 9.57. The number of hydrogen-bond donors (Lipinski definition) is 1. The topological polar surface area (TPSA) is 88.0 Å². The second-order valence-electron chi connectivity index (χ2n) is 11.9. The van der Waals surface area contributed by atoms with E-state index in [4.69, 9.17) is 4.74 Å². The number of rotatable bonds is 6. The van der Waals surface area contributed by atoms with Crippen molar-refractivity contribution < 1.29 is 23.2 Å². The number of nitrogens with one attached hydrogen (secondary N) is 1. The molecule has 3 fully saturated rings. The highest BCUT2D eigenvalue weighted by Gasteiger charge is 2.45. The first kappa shape index (κ1) is 26.6. The van der Waals surface area contributed by atoms with E-state index in [2.05, 4.69) is 10.2 Å². The number of carbonyl (C=O) groups excluding carboxylic acids is 1. The number of nitrogens with zero attached hydrogens (tertiary/aromatic N) is 3. The molecule has 1 saturated carbocycles. The van der Waals surface area contributed by atoms with E-state index in [0.717, 1.165) is 57.5 Å². The second-order valence-corrected chi connectivity index (χ2v) is 11.9. The fraction of sp³-hybridized carbons (Fsp3) is 0.731. The predicted octanol–water partition coefficient (Wildman–Crippen LogP) is 5.11. The third-order valence-corrected chi connectivity index (χ3v) is 7.95. The Bertz CT molecular complexity index is 936. The highest BCUT2D eigenvalue weighted by atomic mass is 19.1. The zero-order valence-electron chi connectivity index (χ0n) is 21.5. The summed E-state index contributed by atoms with van der Waals surface area (Å²) in [5.74, 6) is -0.747. The molecular formula is C26H38F2N4O4. The van der Waals surface area contributed by atoms with Crippen LogP contribution >= 0.6 is 0 Å². The molecule has 10 heteroatoms. The van der Waals surface area contributed by atoms with E-state index < -0.39 is 27.8 Å². The number of nitro benzene ring substituents is 1. The largest absolute Gasteiger partial charge is 0.444 e. The summed E-state index contributed by atoms with van der Waals surface area (Å²) in [6, 6.07) is 1.60. The molecule has 1 amide bonds. The Morgan fingerprint density at radius 2 is 1.69 bits per heavy atom. The summed E-state index contributed by atoms with van der Waals surface area (Å²) in [4.78, 5) is 26.1. The van der Waals surface area contributed by atoms with Crippen molar-refractivity contribution in [2.75, 3.05) is 44.2 Å². The number of alkyl carbamates (subject to hydrolysis) is 1. The molecule has 0 aromatic heterocycles. The summed E-state index contributed by atoms with van der Waals surface area (Å²) >= 11 is 0. The molecule has 8 nitrogen and oxygen atoms in total. The van der Waals surface area contributed by atoms with Crippen LogP contribution in [0.1, 0.15) is 59.3 Å². The summed E-state index contributed by atoms with van der Waals surface area (Å²) in [5, 5.41) is 13.7. The van der Waals surface area contributed by atoms with Gasteiger partial charge in [0.25, 0.3) is 5.69 Å². The number of likely N-dealkylation sites (tertiary alicyclic amines) is 1. The van der Waals surface area contributed by atoms with Crippen molar-refractivity contribution >= 4 is 17.5 Å². The molecule has 0 bridgehead atoms. The Morgan fingerprint density at radius 3 is 2.22 bits per heavy atom. The molecule has 2 aliphatic heterocycles. The highest BCUT2D eigenvalue weighted by molar-refractivity contribution is 5.67. The molecule has 3 aliphatic rings. The number of piperidine rings is 2. The van der Waals surface area contributed by atoms with Gasteiger partial charge in [0.2, 0.25) is 0 Å². The molecule has 2 saturated heterocycles. The number of halogens is 2. The van der Waals surface area contributed by atoms with Gasteiger partial charge in [0.05, 0.1) is 17.1 Å². The maximum Gasteiger partial charge on any atom is 0.407 e. The van der Waals surface area contributed by atoms with E-state index in [9.17, 15) is 23.7 Å². The molecule has 36 heavy (non-hydrogen) atoms. The Labute approximate surface area is 211 Å². The van der Waals surface area contributed by atoms with Crippen molar-refractivity contribution in [3.05, 3.63) is 33.9 Å². The van der Waals surface area contributed by atoms with Gasteiger partial charge in [-0.05, 0) is 89.6 Å². The summed E-state index contributed by atoms with van der Waals surface area (Å²) in [5.41, 5.74) is -0.792. The first-order valence-electron chi connectivity index (χ1n) is 13.0. The monoisotopic (exact) mass is 508 g/mol. The van der Waals surface area contributed by atoms with E-state index >= 15 is 0 Å². The van der Waals surface area contributed by atoms with Crippen molar-refractivity contribution in [3.63, 3.8) is 0 Å². The van der Waals surface area contributed by atoms with Gasteiger partial charge in [-0.1, -0.05) is 0 Å². The molecule has 1 aliphatic carbocycles. The fourth-order valence-corrected chi connectivity index (χ4v) is 6.13. The number of nitro groups is 1. The van der Waals surface area contributed by atoms with Gasteiger partial charge in [-0.15, -0.1) is 0 Å². The zero-order valence-corrected chi connectivity index (χ0v) is 21.5. The van der Waals surface area contributed by atoms with Gasteiger partial charge < -0.3 is 19.9 Å². The molecule has 200 valence electrons. The van der Waals surface area contributed by atoms with Crippen molar-refractivity contribution in [2.24, 2.45) is 17.3 Å². The number of non-ortho nitro benzene ring substituents is 1. The van der Waals surface area contributed by atoms with Crippen LogP contribution in [-0.2, 0) is 4.74 Å². The van der Waals surface area contributed by atoms with Gasteiger partial charge in [0, 0.05) is 26.2 Å². The number of anilines is 1. The molecule has 4 rings (SSSR count). The standard InChI is InChI=1S/C26H38F2N4O4/c1-25(2,3)36-24(33)29-16-19-14-26(15-19)6-10-30(11-7-26)17-18-4-8-31(9-5-18)23-21(27)12-20(32(34)35)13-22(23)28/h12-13,18-19H,4-11,14-17H2,1-3H3,(H,29,33). The lowest BCUT2D eigenvalue weighted by Gasteiger charge is -2.53. The van der Waals surface area contributed by atoms with Crippen molar-refractivity contribution in [2.45, 2.75) is 64.9 Å². The van der Waals surface area contributed by atoms with E-state index in [-0.39, 0.29) is 11.8 Å². The lowest BCUT2D eigenvalue weighted by Crippen LogP contribution is -2.51. The molecule has 0 atom stereocenters. The van der Waals surface area contributed by atoms with Gasteiger partial charge in [-0.3, -0.25) is 10.1 Å². The Hall–Kier alpha value is -2.49. The summed E-state index contributed by atoms with van der Waals surface area (Å²) in [7, 11) is 0. The third kappa shape index (κ3) is 6.44. The number of benzene rings is 1. The average Bonchev–Trinajstić information content (AvgIpc) is 2.76. The Morgan fingerprint density at radius 1 is 1.11 bits per heavy atom. The van der Waals surface area contributed by atoms with Crippen LogP contribution < -0.4 is 10.2 Å². The minimum absolute atomic E-state index is 0.153. The van der Waals surface area contributed by atoms with Gasteiger partial charge in [-0.25, -0.2) is 13.6 Å². The summed E-state index contributed by atoms with van der Waals surface area (Å²) in [6.07, 6.45) is 6.00. The van der Waals surface area contributed by atoms with Gasteiger partial charge in [-0.2, -0.15) is 0 Å². The van der Waals surface area contributed by atoms with Crippen LogP contribution in [0.4, 0.5) is 25.0 Å². The maximum absolute atomic E-state index is 14.4. The van der Waals surface area contributed by atoms with Crippen LogP contribution in [0, 0.1) is 39.0 Å². The van der Waals surface area contributed by atoms with Gasteiger partial charge in [0.1, 0.15) is 11.3 Å². The molecule has 1 N–H and O–H groups in total. The maximum atomic E-state index is 14.4. The fourth-order valence-electron chi connectivity index (χ4n) is 6.13. The summed E-state index contributed by atoms with van der Waals surface area (Å²) < 4.78 is 34.1. The molecule has 1 aromatic carbocycles. The van der Waals surface area contributed by atoms with E-state index in [1.54, 1.807) is 4.90 Å². The smallest absolute Gasteiger partial charge is 0.407 e. The molecule has 1 aromatic rings. The Balaban J connectivity index is 1.16. The quantitative estimate of drug-likeness (QED) is 0.425. The van der Waals surface area contributed by atoms with Crippen LogP contribution in [0.25, 0.3) is 0 Å². The SMILES string of the molecule is CC(C)(C)OC(=O)NCC1CC2(CCN(CC3CCN(c4c(F)cc([N+](=O)[O-])cc4F)CC3)CC2)C1. The first-order chi connectivity index (χ1) is 16.9. The minimum atomic E-state index is -0.874. The average molecular weight is 509 g/mol. The number of ether oxygens (including phenoxy) is 1. The molecule has 2 heterocycles. The van der Waals surface area contributed by atoms with E-state index in [1.807, 2.05) is 20.8 Å². The normalized spacial score (nSPS) is 21.3. The lowest BCUT2D eigenvalue weighted by molar-refractivity contribution is -0.385. The zero-order chi connectivity index (χ0) is 26.1. The van der Waals surface area contributed by atoms with Crippen molar-refractivity contribution in [1.29, 1.82) is 0 Å². The van der Waals surface area contributed by atoms with Crippen LogP contribution in [0.15, 0.2) is 12.1 Å². The van der Waals surface area contributed by atoms with Gasteiger partial charge in [0.15, 0.2) is 11.6 Å². The van der Waals surface area contributed by atoms with Crippen LogP contribution in [0.2, 0.25) is 0 Å². The highest BCUT2D eigenvalue weighted by Crippen LogP contribution is 2.52. The van der Waals surface area contributed by atoms with E-state index in [0.29, 0.717) is 36.9 Å². The predicted molar refractivity (Wildman–Crippen MR) is 133 cm³/mol.